The van der Waals surface area contributed by atoms with Gasteiger partial charge in [-0.1, -0.05) is 18.2 Å². The molecule has 1 atom stereocenters. The average Bonchev–Trinajstić information content (AvgIpc) is 2.82. The van der Waals surface area contributed by atoms with Gasteiger partial charge in [-0.05, 0) is 49.1 Å². The molecular weight excluding hydrogens is 427 g/mol. The van der Waals surface area contributed by atoms with Gasteiger partial charge in [-0.25, -0.2) is 9.18 Å². The van der Waals surface area contributed by atoms with Crippen LogP contribution in [0.1, 0.15) is 35.2 Å². The Morgan fingerprint density at radius 1 is 1.09 bits per heavy atom. The van der Waals surface area contributed by atoms with E-state index in [4.69, 9.17) is 0 Å². The number of piperidine rings is 1. The lowest BCUT2D eigenvalue weighted by Gasteiger charge is -2.43. The van der Waals surface area contributed by atoms with Crippen LogP contribution in [0.25, 0.3) is 10.9 Å². The van der Waals surface area contributed by atoms with Gasteiger partial charge in [-0.2, -0.15) is 0 Å². The van der Waals surface area contributed by atoms with E-state index in [1.54, 1.807) is 24.3 Å². The van der Waals surface area contributed by atoms with Gasteiger partial charge in [0.15, 0.2) is 0 Å². The van der Waals surface area contributed by atoms with Crippen LogP contribution in [0.5, 0.6) is 0 Å². The normalized spacial score (nSPS) is 18.5. The summed E-state index contributed by atoms with van der Waals surface area (Å²) in [4.78, 5) is 55.8. The van der Waals surface area contributed by atoms with Gasteiger partial charge in [0.2, 0.25) is 5.91 Å². The number of hydrogen-bond donors (Lipinski definition) is 1. The third-order valence-electron chi connectivity index (χ3n) is 6.50. The molecule has 33 heavy (non-hydrogen) atoms. The van der Waals surface area contributed by atoms with Crippen LogP contribution >= 0.6 is 0 Å². The van der Waals surface area contributed by atoms with Crippen LogP contribution in [0.4, 0.5) is 4.39 Å². The molecule has 0 radical (unpaired) electrons. The van der Waals surface area contributed by atoms with Gasteiger partial charge in [-0.15, -0.1) is 0 Å². The number of hydrogen-bond acceptors (Lipinski definition) is 4. The Balaban J connectivity index is 1.45. The number of carbonyl (C=O) groups is 2. The van der Waals surface area contributed by atoms with E-state index in [9.17, 15) is 23.6 Å². The van der Waals surface area contributed by atoms with E-state index in [1.807, 2.05) is 4.90 Å². The Kier molecular flexibility index (Phi) is 5.32. The maximum absolute atomic E-state index is 14.7. The van der Waals surface area contributed by atoms with Crippen molar-refractivity contribution < 1.29 is 14.0 Å². The van der Waals surface area contributed by atoms with Crippen molar-refractivity contribution >= 4 is 22.7 Å². The number of rotatable bonds is 3. The molecule has 0 saturated carbocycles. The number of halogens is 1. The van der Waals surface area contributed by atoms with Crippen LogP contribution < -0.4 is 11.2 Å². The van der Waals surface area contributed by atoms with E-state index in [2.05, 4.69) is 4.98 Å². The second kappa shape index (κ2) is 8.31. The first-order valence-corrected chi connectivity index (χ1v) is 11.0. The van der Waals surface area contributed by atoms with Crippen LogP contribution in [0, 0.1) is 5.82 Å². The summed E-state index contributed by atoms with van der Waals surface area (Å²) < 4.78 is 16.0. The van der Waals surface area contributed by atoms with E-state index in [0.717, 1.165) is 19.3 Å². The number of benzene rings is 2. The third kappa shape index (κ3) is 3.83. The van der Waals surface area contributed by atoms with Gasteiger partial charge in [0.25, 0.3) is 11.5 Å². The largest absolute Gasteiger partial charge is 0.336 e. The Hall–Kier alpha value is -3.75. The van der Waals surface area contributed by atoms with Crippen molar-refractivity contribution in [2.75, 3.05) is 19.6 Å². The SMILES string of the molecule is O=C(c1cc(Cn2c(=O)[nH]c(=O)c3ccccc32)ccc1F)N1CC(=O)N2CCCCC2C1. The van der Waals surface area contributed by atoms with E-state index < -0.39 is 23.0 Å². The summed E-state index contributed by atoms with van der Waals surface area (Å²) >= 11 is 0. The van der Waals surface area contributed by atoms with Crippen molar-refractivity contribution in [1.82, 2.24) is 19.4 Å². The van der Waals surface area contributed by atoms with Crippen molar-refractivity contribution in [3.05, 3.63) is 80.2 Å². The zero-order valence-electron chi connectivity index (χ0n) is 17.9. The van der Waals surface area contributed by atoms with E-state index in [-0.39, 0.29) is 30.6 Å². The van der Waals surface area contributed by atoms with Crippen LogP contribution in [-0.4, -0.2) is 56.8 Å². The summed E-state index contributed by atoms with van der Waals surface area (Å²) in [7, 11) is 0. The highest BCUT2D eigenvalue weighted by Gasteiger charge is 2.36. The number of amides is 2. The lowest BCUT2D eigenvalue weighted by atomic mass is 9.98. The molecule has 1 aromatic heterocycles. The number of para-hydroxylation sites is 1. The highest BCUT2D eigenvalue weighted by Crippen LogP contribution is 2.24. The standard InChI is InChI=1S/C24H23FN4O4/c25-19-9-8-15(12-29-20-7-2-1-6-17(20)22(31)26-24(29)33)11-18(19)23(32)27-13-16-5-3-4-10-28(16)21(30)14-27/h1-2,6-9,11,16H,3-5,10,12-14H2,(H,26,31,33). The number of nitrogens with zero attached hydrogens (tertiary/aromatic N) is 3. The minimum atomic E-state index is -0.680. The fourth-order valence-electron chi connectivity index (χ4n) is 4.83. The molecule has 2 aliphatic rings. The zero-order chi connectivity index (χ0) is 23.1. The van der Waals surface area contributed by atoms with Crippen molar-refractivity contribution in [3.63, 3.8) is 0 Å². The van der Waals surface area contributed by atoms with Gasteiger partial charge in [0, 0.05) is 19.1 Å². The summed E-state index contributed by atoms with van der Waals surface area (Å²) in [6, 6.07) is 10.8. The first-order valence-electron chi connectivity index (χ1n) is 11.0. The lowest BCUT2D eigenvalue weighted by molar-refractivity contribution is -0.140. The molecule has 1 N–H and O–H groups in total. The molecule has 8 nitrogen and oxygen atoms in total. The van der Waals surface area contributed by atoms with Crippen molar-refractivity contribution in [2.45, 2.75) is 31.8 Å². The summed E-state index contributed by atoms with van der Waals surface area (Å²) in [5, 5.41) is 0.361. The van der Waals surface area contributed by atoms with Crippen LogP contribution in [-0.2, 0) is 11.3 Å². The fraction of sp³-hybridized carbons (Fsp3) is 0.333. The summed E-state index contributed by atoms with van der Waals surface area (Å²) in [5.74, 6) is -1.32. The molecule has 0 bridgehead atoms. The molecule has 0 aliphatic carbocycles. The highest BCUT2D eigenvalue weighted by molar-refractivity contribution is 5.97. The fourth-order valence-corrected chi connectivity index (χ4v) is 4.83. The van der Waals surface area contributed by atoms with Crippen molar-refractivity contribution in [1.29, 1.82) is 0 Å². The molecule has 9 heteroatoms. The molecular formula is C24H23FN4O4. The summed E-state index contributed by atoms with van der Waals surface area (Å²) in [5.41, 5.74) is -0.223. The summed E-state index contributed by atoms with van der Waals surface area (Å²) in [6.45, 7) is 1.07. The molecule has 2 fully saturated rings. The topological polar surface area (TPSA) is 95.5 Å². The molecule has 2 aromatic carbocycles. The van der Waals surface area contributed by atoms with Crippen molar-refractivity contribution in [2.24, 2.45) is 0 Å². The molecule has 2 aliphatic heterocycles. The highest BCUT2D eigenvalue weighted by atomic mass is 19.1. The maximum Gasteiger partial charge on any atom is 0.329 e. The summed E-state index contributed by atoms with van der Waals surface area (Å²) in [6.07, 6.45) is 2.80. The lowest BCUT2D eigenvalue weighted by Crippen LogP contribution is -2.59. The maximum atomic E-state index is 14.7. The molecule has 2 saturated heterocycles. The van der Waals surface area contributed by atoms with Gasteiger partial charge < -0.3 is 9.80 Å². The first kappa shape index (κ1) is 21.1. The Bertz CT molecular complexity index is 1380. The first-order chi connectivity index (χ1) is 15.9. The second-order valence-electron chi connectivity index (χ2n) is 8.60. The monoisotopic (exact) mass is 450 g/mol. The molecule has 3 heterocycles. The Morgan fingerprint density at radius 3 is 2.76 bits per heavy atom. The molecule has 3 aromatic rings. The van der Waals surface area contributed by atoms with Crippen LogP contribution in [0.3, 0.4) is 0 Å². The van der Waals surface area contributed by atoms with Crippen LogP contribution in [0.15, 0.2) is 52.1 Å². The Morgan fingerprint density at radius 2 is 1.91 bits per heavy atom. The van der Waals surface area contributed by atoms with Crippen LogP contribution in [0.2, 0.25) is 0 Å². The number of aromatic nitrogens is 2. The smallest absolute Gasteiger partial charge is 0.329 e. The van der Waals surface area contributed by atoms with Gasteiger partial charge in [-0.3, -0.25) is 23.9 Å². The zero-order valence-corrected chi connectivity index (χ0v) is 17.9. The van der Waals surface area contributed by atoms with Gasteiger partial charge >= 0.3 is 5.69 Å². The number of piperazine rings is 1. The van der Waals surface area contributed by atoms with Gasteiger partial charge in [0.05, 0.1) is 23.0 Å². The predicted molar refractivity (Wildman–Crippen MR) is 120 cm³/mol. The number of aromatic amines is 1. The molecule has 170 valence electrons. The number of fused-ring (bicyclic) bond motifs is 2. The number of carbonyl (C=O) groups excluding carboxylic acids is 2. The van der Waals surface area contributed by atoms with Gasteiger partial charge in [0.1, 0.15) is 12.4 Å². The molecule has 0 spiro atoms. The second-order valence-corrected chi connectivity index (χ2v) is 8.60. The number of nitrogens with one attached hydrogen (secondary N) is 1. The Labute approximate surface area is 188 Å². The average molecular weight is 450 g/mol. The minimum absolute atomic E-state index is 0.0266. The predicted octanol–water partition coefficient (Wildman–Crippen LogP) is 1.71. The van der Waals surface area contributed by atoms with E-state index >= 15 is 0 Å². The molecule has 5 rings (SSSR count). The van der Waals surface area contributed by atoms with Crippen molar-refractivity contribution in [3.8, 4) is 0 Å². The number of H-pyrrole nitrogens is 1. The van der Waals surface area contributed by atoms with E-state index in [1.165, 1.54) is 27.7 Å². The minimum Gasteiger partial charge on any atom is -0.336 e. The molecule has 1 unspecified atom stereocenters. The third-order valence-corrected chi connectivity index (χ3v) is 6.50. The molecule has 2 amide bonds. The quantitative estimate of drug-likeness (QED) is 0.657. The van der Waals surface area contributed by atoms with E-state index in [0.29, 0.717) is 29.6 Å².